The second-order valence-corrected chi connectivity index (χ2v) is 11.4. The van der Waals surface area contributed by atoms with Crippen molar-refractivity contribution >= 4 is 16.8 Å². The Morgan fingerprint density at radius 1 is 0.891 bits per heavy atom. The number of hydrogen-bond donors (Lipinski definition) is 5. The van der Waals surface area contributed by atoms with Crippen LogP contribution in [0.25, 0.3) is 10.9 Å². The Bertz CT molecular complexity index is 1760. The van der Waals surface area contributed by atoms with Crippen LogP contribution in [0.5, 0.6) is 17.2 Å². The third kappa shape index (κ3) is 7.51. The lowest BCUT2D eigenvalue weighted by Crippen LogP contribution is -2.32. The van der Waals surface area contributed by atoms with Crippen molar-refractivity contribution in [2.24, 2.45) is 0 Å². The Hall–Kier alpha value is -4.83. The first-order chi connectivity index (χ1) is 22.3. The van der Waals surface area contributed by atoms with Crippen LogP contribution >= 0.6 is 0 Å². The highest BCUT2D eigenvalue weighted by Crippen LogP contribution is 2.29. The first-order valence-corrected chi connectivity index (χ1v) is 15.3. The van der Waals surface area contributed by atoms with Crippen molar-refractivity contribution in [1.29, 1.82) is 0 Å². The van der Waals surface area contributed by atoms with Crippen molar-refractivity contribution in [2.75, 3.05) is 20.8 Å². The van der Waals surface area contributed by atoms with Gasteiger partial charge in [-0.3, -0.25) is 4.79 Å². The number of benzene rings is 4. The van der Waals surface area contributed by atoms with E-state index in [0.29, 0.717) is 47.8 Å². The molecular weight excluding hydrogens is 582 g/mol. The number of carbonyl (C=O) groups is 1. The molecule has 9 nitrogen and oxygen atoms in total. The number of aliphatic hydroxyl groups is 2. The van der Waals surface area contributed by atoms with Gasteiger partial charge in [-0.1, -0.05) is 48.5 Å². The van der Waals surface area contributed by atoms with Gasteiger partial charge in [0, 0.05) is 35.6 Å². The standard InChI is InChI=1S/C37H41N3O6/c1-24(38-21-34(43)27-13-15-33(42)29(18-27)23-41)16-26-12-14-31-28(17-26)19-32(40(31)22-25-8-5-4-6-9-25)37(44)39-20-30-35(45-2)10-7-11-36(30)46-3/h4-15,17-19,24,34,38,41-43H,16,20-23H2,1-3H3,(H,39,44). The Morgan fingerprint density at radius 3 is 2.33 bits per heavy atom. The van der Waals surface area contributed by atoms with Crippen molar-refractivity contribution in [2.45, 2.75) is 45.2 Å². The van der Waals surface area contributed by atoms with Gasteiger partial charge in [0.2, 0.25) is 0 Å². The minimum Gasteiger partial charge on any atom is -0.508 e. The number of ether oxygens (including phenoxy) is 2. The smallest absolute Gasteiger partial charge is 0.268 e. The number of carbonyl (C=O) groups excluding carboxylic acids is 1. The maximum Gasteiger partial charge on any atom is 0.268 e. The maximum atomic E-state index is 13.7. The summed E-state index contributed by atoms with van der Waals surface area (Å²) >= 11 is 0. The lowest BCUT2D eigenvalue weighted by atomic mass is 10.0. The van der Waals surface area contributed by atoms with Gasteiger partial charge >= 0.3 is 0 Å². The highest BCUT2D eigenvalue weighted by Gasteiger charge is 2.19. The number of aliphatic hydroxyl groups excluding tert-OH is 2. The van der Waals surface area contributed by atoms with E-state index in [2.05, 4.69) is 35.8 Å². The van der Waals surface area contributed by atoms with E-state index in [9.17, 15) is 20.1 Å². The summed E-state index contributed by atoms with van der Waals surface area (Å²) in [6.07, 6.45) is -0.0844. The Morgan fingerprint density at radius 2 is 1.63 bits per heavy atom. The molecule has 0 saturated carbocycles. The van der Waals surface area contributed by atoms with Gasteiger partial charge < -0.3 is 40.0 Å². The molecule has 5 aromatic rings. The Labute approximate surface area is 269 Å². The van der Waals surface area contributed by atoms with Crippen LogP contribution in [0, 0.1) is 0 Å². The molecule has 5 rings (SSSR count). The summed E-state index contributed by atoms with van der Waals surface area (Å²) in [4.78, 5) is 13.7. The highest BCUT2D eigenvalue weighted by atomic mass is 16.5. The van der Waals surface area contributed by atoms with Gasteiger partial charge in [-0.25, -0.2) is 0 Å². The zero-order valence-corrected chi connectivity index (χ0v) is 26.4. The molecule has 5 N–H and O–H groups in total. The number of hydrogen-bond acceptors (Lipinski definition) is 7. The average Bonchev–Trinajstić information content (AvgIpc) is 3.43. The molecule has 0 aliphatic rings. The van der Waals surface area contributed by atoms with Crippen LogP contribution in [-0.4, -0.2) is 52.6 Å². The van der Waals surface area contributed by atoms with E-state index < -0.39 is 6.10 Å². The number of aromatic hydroxyl groups is 1. The summed E-state index contributed by atoms with van der Waals surface area (Å²) in [5.41, 5.74) is 5.45. The number of methoxy groups -OCH3 is 2. The molecule has 2 atom stereocenters. The fourth-order valence-electron chi connectivity index (χ4n) is 5.73. The van der Waals surface area contributed by atoms with Crippen molar-refractivity contribution in [3.05, 3.63) is 125 Å². The third-order valence-corrected chi connectivity index (χ3v) is 8.20. The number of aromatic nitrogens is 1. The molecule has 0 aliphatic heterocycles. The molecule has 2 unspecified atom stereocenters. The monoisotopic (exact) mass is 623 g/mol. The number of rotatable bonds is 14. The van der Waals surface area contributed by atoms with Crippen LogP contribution in [-0.2, 0) is 26.1 Å². The van der Waals surface area contributed by atoms with Gasteiger partial charge in [0.15, 0.2) is 0 Å². The van der Waals surface area contributed by atoms with E-state index in [4.69, 9.17) is 9.47 Å². The summed E-state index contributed by atoms with van der Waals surface area (Å²) < 4.78 is 13.1. The van der Waals surface area contributed by atoms with Crippen LogP contribution in [0.4, 0.5) is 0 Å². The molecule has 1 heterocycles. The largest absolute Gasteiger partial charge is 0.508 e. The molecule has 0 spiro atoms. The van der Waals surface area contributed by atoms with E-state index in [0.717, 1.165) is 27.6 Å². The Balaban J connectivity index is 1.34. The predicted octanol–water partition coefficient (Wildman–Crippen LogP) is 5.09. The van der Waals surface area contributed by atoms with Crippen LogP contribution in [0.2, 0.25) is 0 Å². The topological polar surface area (TPSA) is 125 Å². The summed E-state index contributed by atoms with van der Waals surface area (Å²) in [7, 11) is 3.19. The molecule has 0 radical (unpaired) electrons. The molecule has 1 amide bonds. The molecule has 4 aromatic carbocycles. The van der Waals surface area contributed by atoms with E-state index in [1.807, 2.05) is 59.2 Å². The normalized spacial score (nSPS) is 12.5. The predicted molar refractivity (Wildman–Crippen MR) is 178 cm³/mol. The zero-order chi connectivity index (χ0) is 32.6. The number of amides is 1. The second kappa shape index (κ2) is 15.0. The van der Waals surface area contributed by atoms with Crippen molar-refractivity contribution in [1.82, 2.24) is 15.2 Å². The average molecular weight is 624 g/mol. The molecule has 0 aliphatic carbocycles. The maximum absolute atomic E-state index is 13.7. The molecule has 0 bridgehead atoms. The minimum atomic E-state index is -0.792. The zero-order valence-electron chi connectivity index (χ0n) is 26.4. The van der Waals surface area contributed by atoms with Crippen molar-refractivity contribution in [3.8, 4) is 17.2 Å². The summed E-state index contributed by atoms with van der Waals surface area (Å²) in [5.74, 6) is 1.08. The van der Waals surface area contributed by atoms with E-state index in [1.54, 1.807) is 26.4 Å². The first kappa shape index (κ1) is 32.6. The lowest BCUT2D eigenvalue weighted by molar-refractivity contribution is 0.0942. The summed E-state index contributed by atoms with van der Waals surface area (Å²) in [6, 6.07) is 28.6. The van der Waals surface area contributed by atoms with Crippen molar-refractivity contribution in [3.63, 3.8) is 0 Å². The highest BCUT2D eigenvalue weighted by molar-refractivity contribution is 5.99. The number of nitrogens with one attached hydrogen (secondary N) is 2. The van der Waals surface area contributed by atoms with Gasteiger partial charge in [-0.05, 0) is 72.5 Å². The molecule has 0 saturated heterocycles. The number of fused-ring (bicyclic) bond motifs is 1. The number of nitrogens with zero attached hydrogens (tertiary/aromatic N) is 1. The van der Waals surface area contributed by atoms with Gasteiger partial charge in [-0.2, -0.15) is 0 Å². The van der Waals surface area contributed by atoms with Crippen LogP contribution in [0.1, 0.15) is 51.3 Å². The van der Waals surface area contributed by atoms with E-state index >= 15 is 0 Å². The van der Waals surface area contributed by atoms with E-state index in [-0.39, 0.29) is 30.9 Å². The van der Waals surface area contributed by atoms with Crippen LogP contribution in [0.15, 0.2) is 91.0 Å². The quantitative estimate of drug-likeness (QED) is 0.117. The van der Waals surface area contributed by atoms with Gasteiger partial charge in [0.1, 0.15) is 22.9 Å². The SMILES string of the molecule is COc1cccc(OC)c1CNC(=O)c1cc2cc(CC(C)NCC(O)c3ccc(O)c(CO)c3)ccc2n1Cc1ccccc1. The molecule has 0 fully saturated rings. The first-order valence-electron chi connectivity index (χ1n) is 15.3. The van der Waals surface area contributed by atoms with E-state index in [1.165, 1.54) is 6.07 Å². The minimum absolute atomic E-state index is 0.00469. The molecule has 9 heteroatoms. The third-order valence-electron chi connectivity index (χ3n) is 8.20. The molecule has 240 valence electrons. The summed E-state index contributed by atoms with van der Waals surface area (Å²) in [5, 5.41) is 37.3. The lowest BCUT2D eigenvalue weighted by Gasteiger charge is -2.18. The van der Waals surface area contributed by atoms with Gasteiger partial charge in [0.05, 0.1) is 39.0 Å². The molecular formula is C37H41N3O6. The van der Waals surface area contributed by atoms with Crippen LogP contribution in [0.3, 0.4) is 0 Å². The fourth-order valence-corrected chi connectivity index (χ4v) is 5.73. The number of phenols is 1. The van der Waals surface area contributed by atoms with Crippen molar-refractivity contribution < 1.29 is 29.6 Å². The molecule has 46 heavy (non-hydrogen) atoms. The van der Waals surface area contributed by atoms with Crippen LogP contribution < -0.4 is 20.1 Å². The Kier molecular flexibility index (Phi) is 10.6. The summed E-state index contributed by atoms with van der Waals surface area (Å²) in [6.45, 7) is 2.85. The van der Waals surface area contributed by atoms with Gasteiger partial charge in [0.25, 0.3) is 5.91 Å². The fraction of sp³-hybridized carbons (Fsp3) is 0.270. The molecule has 1 aromatic heterocycles. The second-order valence-electron chi connectivity index (χ2n) is 11.4. The van der Waals surface area contributed by atoms with Gasteiger partial charge in [-0.15, -0.1) is 0 Å².